The molecule has 0 amide bonds. The molecule has 0 aliphatic carbocycles. The molecule has 3 N–H and O–H groups in total. The van der Waals surface area contributed by atoms with Crippen molar-refractivity contribution in [2.45, 2.75) is 25.4 Å². The number of rotatable bonds is 3. The number of nitriles is 1. The molecule has 2 heterocycles. The van der Waals surface area contributed by atoms with Gasteiger partial charge in [0.15, 0.2) is 0 Å². The fourth-order valence-corrected chi connectivity index (χ4v) is 3.26. The lowest BCUT2D eigenvalue weighted by Crippen LogP contribution is -2.47. The molecule has 3 rings (SSSR count). The van der Waals surface area contributed by atoms with Crippen molar-refractivity contribution in [3.63, 3.8) is 0 Å². The Labute approximate surface area is 161 Å². The quantitative estimate of drug-likeness (QED) is 0.771. The SMILES string of the molecule is CO.Cn1c(=O)cc(N2CCC[C@@H](N)C2)n(Cc2cc(F)ccc2C#N)c1=O. The van der Waals surface area contributed by atoms with E-state index in [9.17, 15) is 19.2 Å². The number of aliphatic hydroxyl groups is 1. The van der Waals surface area contributed by atoms with Crippen molar-refractivity contribution < 1.29 is 9.50 Å². The topological polar surface area (TPSA) is 117 Å². The summed E-state index contributed by atoms with van der Waals surface area (Å²) in [6.07, 6.45) is 1.74. The monoisotopic (exact) mass is 389 g/mol. The summed E-state index contributed by atoms with van der Waals surface area (Å²) in [5.74, 6) is -0.0418. The van der Waals surface area contributed by atoms with Crippen LogP contribution in [0.1, 0.15) is 24.0 Å². The Kier molecular flexibility index (Phi) is 7.09. The first-order chi connectivity index (χ1) is 13.4. The molecule has 150 valence electrons. The Balaban J connectivity index is 0.00000136. The third-order valence-electron chi connectivity index (χ3n) is 4.68. The number of anilines is 1. The van der Waals surface area contributed by atoms with Crippen molar-refractivity contribution in [3.05, 3.63) is 62.0 Å². The third-order valence-corrected chi connectivity index (χ3v) is 4.68. The molecule has 1 aromatic carbocycles. The van der Waals surface area contributed by atoms with E-state index in [4.69, 9.17) is 10.8 Å². The molecule has 1 saturated heterocycles. The van der Waals surface area contributed by atoms with Gasteiger partial charge in [0.25, 0.3) is 5.56 Å². The van der Waals surface area contributed by atoms with E-state index in [2.05, 4.69) is 0 Å². The molecule has 9 heteroatoms. The highest BCUT2D eigenvalue weighted by molar-refractivity contribution is 5.43. The minimum Gasteiger partial charge on any atom is -0.400 e. The first kappa shape index (κ1) is 21.3. The van der Waals surface area contributed by atoms with Gasteiger partial charge in [-0.2, -0.15) is 5.26 Å². The molecule has 0 radical (unpaired) electrons. The van der Waals surface area contributed by atoms with Crippen molar-refractivity contribution >= 4 is 5.82 Å². The summed E-state index contributed by atoms with van der Waals surface area (Å²) in [5, 5.41) is 16.3. The zero-order valence-electron chi connectivity index (χ0n) is 15.9. The van der Waals surface area contributed by atoms with Gasteiger partial charge in [-0.1, -0.05) is 0 Å². The lowest BCUT2D eigenvalue weighted by molar-refractivity contribution is 0.399. The molecule has 28 heavy (non-hydrogen) atoms. The molecule has 1 aliphatic rings. The largest absolute Gasteiger partial charge is 0.400 e. The summed E-state index contributed by atoms with van der Waals surface area (Å²) in [6, 6.07) is 7.19. The lowest BCUT2D eigenvalue weighted by Gasteiger charge is -2.34. The number of aliphatic hydroxyl groups excluding tert-OH is 1. The predicted octanol–water partition coefficient (Wildman–Crippen LogP) is 0.142. The van der Waals surface area contributed by atoms with E-state index in [1.807, 2.05) is 11.0 Å². The maximum atomic E-state index is 13.7. The smallest absolute Gasteiger partial charge is 0.332 e. The van der Waals surface area contributed by atoms with Crippen LogP contribution in [-0.2, 0) is 13.6 Å². The maximum absolute atomic E-state index is 13.7. The fraction of sp³-hybridized carbons (Fsp3) is 0.421. The highest BCUT2D eigenvalue weighted by Crippen LogP contribution is 2.19. The molecule has 0 unspecified atom stereocenters. The summed E-state index contributed by atoms with van der Waals surface area (Å²) < 4.78 is 16.1. The zero-order chi connectivity index (χ0) is 20.8. The second-order valence-electron chi connectivity index (χ2n) is 6.53. The van der Waals surface area contributed by atoms with Gasteiger partial charge in [-0.15, -0.1) is 0 Å². The van der Waals surface area contributed by atoms with Crippen LogP contribution in [0.4, 0.5) is 10.2 Å². The molecule has 0 spiro atoms. The molecular formula is C19H24FN5O3. The van der Waals surface area contributed by atoms with Crippen LogP contribution in [0.3, 0.4) is 0 Å². The zero-order valence-corrected chi connectivity index (χ0v) is 15.9. The van der Waals surface area contributed by atoms with Crippen LogP contribution in [0.5, 0.6) is 0 Å². The summed E-state index contributed by atoms with van der Waals surface area (Å²) in [7, 11) is 2.39. The molecule has 1 aliphatic heterocycles. The van der Waals surface area contributed by atoms with E-state index < -0.39 is 17.1 Å². The van der Waals surface area contributed by atoms with E-state index in [1.165, 1.54) is 35.9 Å². The molecule has 0 bridgehead atoms. The summed E-state index contributed by atoms with van der Waals surface area (Å²) in [5.41, 5.74) is 5.77. The number of aromatic nitrogens is 2. The van der Waals surface area contributed by atoms with E-state index in [1.54, 1.807) is 0 Å². The number of hydrogen-bond acceptors (Lipinski definition) is 6. The van der Waals surface area contributed by atoms with Crippen LogP contribution in [-0.4, -0.2) is 40.5 Å². The van der Waals surface area contributed by atoms with Gasteiger partial charge in [0, 0.05) is 39.4 Å². The summed E-state index contributed by atoms with van der Waals surface area (Å²) in [4.78, 5) is 26.8. The van der Waals surface area contributed by atoms with Crippen LogP contribution < -0.4 is 21.9 Å². The first-order valence-corrected chi connectivity index (χ1v) is 8.85. The van der Waals surface area contributed by atoms with Gasteiger partial charge in [-0.05, 0) is 36.6 Å². The number of piperidine rings is 1. The van der Waals surface area contributed by atoms with Crippen LogP contribution >= 0.6 is 0 Å². The van der Waals surface area contributed by atoms with Crippen molar-refractivity contribution in [1.29, 1.82) is 5.26 Å². The maximum Gasteiger partial charge on any atom is 0.332 e. The van der Waals surface area contributed by atoms with Crippen LogP contribution in [0, 0.1) is 17.1 Å². The molecule has 8 nitrogen and oxygen atoms in total. The Morgan fingerprint density at radius 2 is 2.04 bits per heavy atom. The highest BCUT2D eigenvalue weighted by Gasteiger charge is 2.22. The van der Waals surface area contributed by atoms with Gasteiger partial charge < -0.3 is 15.7 Å². The number of benzene rings is 1. The first-order valence-electron chi connectivity index (χ1n) is 8.85. The second kappa shape index (κ2) is 9.30. The van der Waals surface area contributed by atoms with Crippen molar-refractivity contribution in [2.24, 2.45) is 12.8 Å². The third kappa shape index (κ3) is 4.47. The molecule has 1 atom stereocenters. The van der Waals surface area contributed by atoms with Crippen LogP contribution in [0.2, 0.25) is 0 Å². The van der Waals surface area contributed by atoms with Gasteiger partial charge in [-0.3, -0.25) is 13.9 Å². The summed E-state index contributed by atoms with van der Waals surface area (Å²) >= 11 is 0. The van der Waals surface area contributed by atoms with Gasteiger partial charge in [0.2, 0.25) is 0 Å². The van der Waals surface area contributed by atoms with Crippen molar-refractivity contribution in [3.8, 4) is 6.07 Å². The van der Waals surface area contributed by atoms with Gasteiger partial charge in [0.1, 0.15) is 11.6 Å². The van der Waals surface area contributed by atoms with Crippen molar-refractivity contribution in [1.82, 2.24) is 9.13 Å². The fourth-order valence-electron chi connectivity index (χ4n) is 3.26. The Hall–Kier alpha value is -2.96. The van der Waals surface area contributed by atoms with E-state index in [-0.39, 0.29) is 18.2 Å². The van der Waals surface area contributed by atoms with E-state index in [0.29, 0.717) is 24.5 Å². The molecule has 1 fully saturated rings. The Bertz CT molecular complexity index is 993. The number of nitrogens with zero attached hydrogens (tertiary/aromatic N) is 4. The molecular weight excluding hydrogens is 365 g/mol. The molecule has 2 aromatic rings. The number of hydrogen-bond donors (Lipinski definition) is 2. The minimum atomic E-state index is -0.514. The highest BCUT2D eigenvalue weighted by atomic mass is 19.1. The average molecular weight is 389 g/mol. The Morgan fingerprint density at radius 1 is 1.32 bits per heavy atom. The lowest BCUT2D eigenvalue weighted by atomic mass is 10.1. The van der Waals surface area contributed by atoms with Crippen LogP contribution in [0.15, 0.2) is 33.9 Å². The minimum absolute atomic E-state index is 0.00528. The van der Waals surface area contributed by atoms with Gasteiger partial charge >= 0.3 is 5.69 Å². The second-order valence-corrected chi connectivity index (χ2v) is 6.53. The Morgan fingerprint density at radius 3 is 2.68 bits per heavy atom. The standard InChI is InChI=1S/C18H20FN5O2.CH4O/c1-22-17(25)8-16(23-6-2-3-15(21)11-23)24(18(22)26)10-13-7-14(19)5-4-12(13)9-20;1-2/h4-5,7-8,15H,2-3,6,10-11,21H2,1H3;2H,1H3/t15-;/m1./s1. The summed E-state index contributed by atoms with van der Waals surface area (Å²) in [6.45, 7) is 1.20. The van der Waals surface area contributed by atoms with Gasteiger partial charge in [-0.25, -0.2) is 9.18 Å². The molecule has 1 aromatic heterocycles. The van der Waals surface area contributed by atoms with Crippen LogP contribution in [0.25, 0.3) is 0 Å². The van der Waals surface area contributed by atoms with Crippen molar-refractivity contribution in [2.75, 3.05) is 25.1 Å². The van der Waals surface area contributed by atoms with E-state index >= 15 is 0 Å². The van der Waals surface area contributed by atoms with Gasteiger partial charge in [0.05, 0.1) is 18.2 Å². The molecule has 0 saturated carbocycles. The number of halogens is 1. The predicted molar refractivity (Wildman–Crippen MR) is 104 cm³/mol. The normalized spacial score (nSPS) is 16.1. The van der Waals surface area contributed by atoms with E-state index in [0.717, 1.165) is 24.5 Å². The number of nitrogens with two attached hydrogens (primary N) is 1. The average Bonchev–Trinajstić information content (AvgIpc) is 2.70.